The molecule has 3 nitrogen and oxygen atoms in total. The molecule has 0 fully saturated rings. The molecule has 14 heavy (non-hydrogen) atoms. The summed E-state index contributed by atoms with van der Waals surface area (Å²) >= 11 is 0. The third kappa shape index (κ3) is 1.74. The summed E-state index contributed by atoms with van der Waals surface area (Å²) in [7, 11) is 0. The Bertz CT molecular complexity index is 416. The topological polar surface area (TPSA) is 66.9 Å². The summed E-state index contributed by atoms with van der Waals surface area (Å²) in [5.74, 6) is -0.427. The molecular weight excluding hydrogens is 176 g/mol. The third-order valence-corrected chi connectivity index (χ3v) is 2.17. The van der Waals surface area contributed by atoms with Crippen molar-refractivity contribution in [3.05, 3.63) is 34.4 Å². The first-order chi connectivity index (χ1) is 6.60. The predicted octanol–water partition coefficient (Wildman–Crippen LogP) is 1.53. The Kier molecular flexibility index (Phi) is 2.88. The second-order valence-corrected chi connectivity index (χ2v) is 3.16. The first-order valence-corrected chi connectivity index (χ1v) is 4.43. The molecule has 0 spiro atoms. The van der Waals surface area contributed by atoms with Crippen LogP contribution in [0.5, 0.6) is 0 Å². The van der Waals surface area contributed by atoms with E-state index >= 15 is 0 Å². The van der Waals surface area contributed by atoms with E-state index < -0.39 is 5.91 Å². The summed E-state index contributed by atoms with van der Waals surface area (Å²) in [6, 6.07) is 5.45. The van der Waals surface area contributed by atoms with Gasteiger partial charge in [-0.2, -0.15) is 5.26 Å². The third-order valence-electron chi connectivity index (χ3n) is 2.17. The smallest absolute Gasteiger partial charge is 0.249 e. The van der Waals surface area contributed by atoms with Crippen molar-refractivity contribution in [2.75, 3.05) is 0 Å². The molecule has 1 aromatic carbocycles. The number of carbonyl (C=O) groups is 1. The minimum atomic E-state index is -0.427. The molecule has 1 amide bonds. The Morgan fingerprint density at radius 1 is 1.57 bits per heavy atom. The molecule has 1 aromatic rings. The fraction of sp³-hybridized carbons (Fsp3) is 0.273. The molecule has 2 N–H and O–H groups in total. The Morgan fingerprint density at radius 3 is 2.64 bits per heavy atom. The van der Waals surface area contributed by atoms with Gasteiger partial charge in [-0.15, -0.1) is 0 Å². The largest absolute Gasteiger partial charge is 0.366 e. The van der Waals surface area contributed by atoms with Gasteiger partial charge in [-0.3, -0.25) is 4.79 Å². The van der Waals surface area contributed by atoms with E-state index in [0.717, 1.165) is 11.1 Å². The first-order valence-electron chi connectivity index (χ1n) is 4.43. The van der Waals surface area contributed by atoms with Crippen LogP contribution in [0.15, 0.2) is 12.1 Å². The van der Waals surface area contributed by atoms with Crippen molar-refractivity contribution in [2.45, 2.75) is 20.3 Å². The van der Waals surface area contributed by atoms with Gasteiger partial charge in [-0.25, -0.2) is 0 Å². The molecule has 0 aromatic heterocycles. The molecule has 0 aliphatic carbocycles. The molecule has 0 atom stereocenters. The highest BCUT2D eigenvalue weighted by Crippen LogP contribution is 2.17. The van der Waals surface area contributed by atoms with Gasteiger partial charge < -0.3 is 5.73 Å². The van der Waals surface area contributed by atoms with Crippen LogP contribution in [-0.4, -0.2) is 5.91 Å². The second kappa shape index (κ2) is 3.93. The number of nitriles is 1. The fourth-order valence-corrected chi connectivity index (χ4v) is 1.56. The van der Waals surface area contributed by atoms with Crippen molar-refractivity contribution in [2.24, 2.45) is 5.73 Å². The minimum Gasteiger partial charge on any atom is -0.366 e. The van der Waals surface area contributed by atoms with E-state index in [4.69, 9.17) is 11.0 Å². The number of nitrogens with two attached hydrogens (primary N) is 1. The molecule has 3 heteroatoms. The zero-order valence-corrected chi connectivity index (χ0v) is 8.29. The first kappa shape index (κ1) is 10.3. The number of rotatable bonds is 2. The van der Waals surface area contributed by atoms with Crippen LogP contribution in [0.1, 0.15) is 34.0 Å². The summed E-state index contributed by atoms with van der Waals surface area (Å²) in [5, 5.41) is 8.75. The van der Waals surface area contributed by atoms with Gasteiger partial charge in [0, 0.05) is 5.56 Å². The quantitative estimate of drug-likeness (QED) is 0.764. The van der Waals surface area contributed by atoms with Crippen LogP contribution in [0.2, 0.25) is 0 Å². The Hall–Kier alpha value is -1.82. The van der Waals surface area contributed by atoms with Gasteiger partial charge in [0.05, 0.1) is 11.6 Å². The van der Waals surface area contributed by atoms with E-state index in [1.165, 1.54) is 0 Å². The molecule has 0 saturated heterocycles. The number of benzene rings is 1. The number of hydrogen-bond donors (Lipinski definition) is 1. The SMILES string of the molecule is CCc1cc(C#N)cc(C)c1C(N)=O. The Labute approximate surface area is 83.2 Å². The highest BCUT2D eigenvalue weighted by molar-refractivity contribution is 5.96. The average Bonchev–Trinajstić information content (AvgIpc) is 2.15. The van der Waals surface area contributed by atoms with E-state index in [0.29, 0.717) is 17.5 Å². The number of primary amides is 1. The van der Waals surface area contributed by atoms with Crippen LogP contribution in [0.3, 0.4) is 0 Å². The van der Waals surface area contributed by atoms with Crippen LogP contribution in [0, 0.1) is 18.3 Å². The Morgan fingerprint density at radius 2 is 2.21 bits per heavy atom. The van der Waals surface area contributed by atoms with E-state index in [-0.39, 0.29) is 0 Å². The lowest BCUT2D eigenvalue weighted by atomic mass is 9.97. The number of amides is 1. The highest BCUT2D eigenvalue weighted by atomic mass is 16.1. The molecule has 0 radical (unpaired) electrons. The molecule has 0 aliphatic rings. The molecule has 1 rings (SSSR count). The van der Waals surface area contributed by atoms with Gasteiger partial charge in [0.25, 0.3) is 0 Å². The lowest BCUT2D eigenvalue weighted by Crippen LogP contribution is -2.15. The monoisotopic (exact) mass is 188 g/mol. The van der Waals surface area contributed by atoms with Gasteiger partial charge >= 0.3 is 0 Å². The number of carbonyl (C=O) groups excluding carboxylic acids is 1. The van der Waals surface area contributed by atoms with Crippen molar-refractivity contribution < 1.29 is 4.79 Å². The Balaban J connectivity index is 3.44. The summed E-state index contributed by atoms with van der Waals surface area (Å²) in [4.78, 5) is 11.1. The number of aryl methyl sites for hydroxylation is 2. The van der Waals surface area contributed by atoms with Gasteiger partial charge in [0.15, 0.2) is 0 Å². The van der Waals surface area contributed by atoms with E-state index in [1.54, 1.807) is 19.1 Å². The van der Waals surface area contributed by atoms with E-state index in [1.807, 2.05) is 6.92 Å². The zero-order chi connectivity index (χ0) is 10.7. The summed E-state index contributed by atoms with van der Waals surface area (Å²) in [6.07, 6.45) is 0.703. The van der Waals surface area contributed by atoms with Crippen molar-refractivity contribution in [1.82, 2.24) is 0 Å². The maximum atomic E-state index is 11.1. The van der Waals surface area contributed by atoms with Crippen LogP contribution >= 0.6 is 0 Å². The molecule has 0 heterocycles. The van der Waals surface area contributed by atoms with Crippen molar-refractivity contribution in [3.63, 3.8) is 0 Å². The summed E-state index contributed by atoms with van der Waals surface area (Å²) in [6.45, 7) is 3.72. The standard InChI is InChI=1S/C11H12N2O/c1-3-9-5-8(6-12)4-7(2)10(9)11(13)14/h4-5H,3H2,1-2H3,(H2,13,14). The van der Waals surface area contributed by atoms with Gasteiger partial charge in [0.1, 0.15) is 0 Å². The number of hydrogen-bond acceptors (Lipinski definition) is 2. The molecule has 0 saturated carbocycles. The van der Waals surface area contributed by atoms with Gasteiger partial charge in [-0.1, -0.05) is 6.92 Å². The lowest BCUT2D eigenvalue weighted by Gasteiger charge is -2.08. The zero-order valence-electron chi connectivity index (χ0n) is 8.29. The van der Waals surface area contributed by atoms with Crippen LogP contribution < -0.4 is 5.73 Å². The fourth-order valence-electron chi connectivity index (χ4n) is 1.56. The number of nitrogens with zero attached hydrogens (tertiary/aromatic N) is 1. The average molecular weight is 188 g/mol. The van der Waals surface area contributed by atoms with Crippen molar-refractivity contribution in [1.29, 1.82) is 5.26 Å². The summed E-state index contributed by atoms with van der Waals surface area (Å²) in [5.41, 5.74) is 8.00. The van der Waals surface area contributed by atoms with Crippen LogP contribution in [0.4, 0.5) is 0 Å². The minimum absolute atomic E-state index is 0.427. The molecule has 0 bridgehead atoms. The normalized spacial score (nSPS) is 9.50. The van der Waals surface area contributed by atoms with Crippen molar-refractivity contribution in [3.8, 4) is 6.07 Å². The van der Waals surface area contributed by atoms with E-state index in [9.17, 15) is 4.79 Å². The second-order valence-electron chi connectivity index (χ2n) is 3.16. The lowest BCUT2D eigenvalue weighted by molar-refractivity contribution is 0.0999. The van der Waals surface area contributed by atoms with Crippen molar-refractivity contribution >= 4 is 5.91 Å². The van der Waals surface area contributed by atoms with E-state index in [2.05, 4.69) is 6.07 Å². The molecule has 0 unspecified atom stereocenters. The van der Waals surface area contributed by atoms with Gasteiger partial charge in [-0.05, 0) is 36.6 Å². The predicted molar refractivity (Wildman–Crippen MR) is 53.8 cm³/mol. The maximum Gasteiger partial charge on any atom is 0.249 e. The molecule has 0 aliphatic heterocycles. The van der Waals surface area contributed by atoms with Crippen LogP contribution in [-0.2, 0) is 6.42 Å². The highest BCUT2D eigenvalue weighted by Gasteiger charge is 2.11. The van der Waals surface area contributed by atoms with Gasteiger partial charge in [0.2, 0.25) is 5.91 Å². The molecular formula is C11H12N2O. The molecule has 72 valence electrons. The summed E-state index contributed by atoms with van der Waals surface area (Å²) < 4.78 is 0. The maximum absolute atomic E-state index is 11.1. The van der Waals surface area contributed by atoms with Crippen LogP contribution in [0.25, 0.3) is 0 Å².